The molecule has 0 bridgehead atoms. The van der Waals surface area contributed by atoms with Crippen LogP contribution in [-0.2, 0) is 0 Å². The van der Waals surface area contributed by atoms with Gasteiger partial charge in [-0.05, 0) is 44.0 Å². The van der Waals surface area contributed by atoms with Crippen molar-refractivity contribution in [2.45, 2.75) is 20.8 Å². The number of aromatic nitrogens is 1. The Morgan fingerprint density at radius 1 is 0.778 bits per heavy atom. The number of nitrogens with one attached hydrogen (secondary N) is 1. The maximum atomic E-state index is 3.53. The van der Waals surface area contributed by atoms with Crippen LogP contribution in [0.1, 0.15) is 16.7 Å². The Bertz CT molecular complexity index is 702. The van der Waals surface area contributed by atoms with Gasteiger partial charge in [0.1, 0.15) is 0 Å². The van der Waals surface area contributed by atoms with Crippen LogP contribution >= 0.6 is 0 Å². The van der Waals surface area contributed by atoms with Crippen LogP contribution in [0, 0.1) is 20.8 Å². The second-order valence-corrected chi connectivity index (χ2v) is 5.04. The van der Waals surface area contributed by atoms with E-state index in [9.17, 15) is 0 Å². The van der Waals surface area contributed by atoms with E-state index >= 15 is 0 Å². The van der Waals surface area contributed by atoms with E-state index in [1.807, 2.05) is 0 Å². The van der Waals surface area contributed by atoms with Gasteiger partial charge in [0.05, 0.1) is 0 Å². The summed E-state index contributed by atoms with van der Waals surface area (Å²) < 4.78 is 0. The summed E-state index contributed by atoms with van der Waals surface area (Å²) in [5.41, 5.74) is 7.64. The quantitative estimate of drug-likeness (QED) is 0.626. The van der Waals surface area contributed by atoms with E-state index < -0.39 is 0 Å². The van der Waals surface area contributed by atoms with Crippen LogP contribution in [0.3, 0.4) is 0 Å². The molecule has 0 saturated heterocycles. The lowest BCUT2D eigenvalue weighted by atomic mass is 10.0. The number of benzene rings is 2. The third-order valence-corrected chi connectivity index (χ3v) is 3.55. The molecule has 0 aliphatic carbocycles. The summed E-state index contributed by atoms with van der Waals surface area (Å²) in [5, 5.41) is 1.32. The number of fused-ring (bicyclic) bond motifs is 1. The molecule has 0 radical (unpaired) electrons. The average Bonchev–Trinajstić information content (AvgIpc) is 2.68. The molecule has 3 aromatic rings. The molecule has 0 spiro atoms. The smallest absolute Gasteiger partial charge is 0.0494 e. The SMILES string of the molecule is Cc1ccc(-c2[nH]c3ccc(C)cc3c2C)cc1. The predicted octanol–water partition coefficient (Wildman–Crippen LogP) is 4.76. The largest absolute Gasteiger partial charge is 0.354 e. The molecular weight excluding hydrogens is 218 g/mol. The van der Waals surface area contributed by atoms with E-state index in [1.54, 1.807) is 0 Å². The second-order valence-electron chi connectivity index (χ2n) is 5.04. The van der Waals surface area contributed by atoms with E-state index in [1.165, 1.54) is 38.9 Å². The lowest BCUT2D eigenvalue weighted by molar-refractivity contribution is 1.39. The average molecular weight is 235 g/mol. The third kappa shape index (κ3) is 1.72. The van der Waals surface area contributed by atoms with Crippen LogP contribution in [-0.4, -0.2) is 4.98 Å². The molecule has 3 rings (SSSR count). The topological polar surface area (TPSA) is 15.8 Å². The van der Waals surface area contributed by atoms with Crippen LogP contribution < -0.4 is 0 Å². The van der Waals surface area contributed by atoms with E-state index in [0.29, 0.717) is 0 Å². The van der Waals surface area contributed by atoms with Gasteiger partial charge >= 0.3 is 0 Å². The minimum Gasteiger partial charge on any atom is -0.354 e. The number of hydrogen-bond acceptors (Lipinski definition) is 0. The molecule has 1 aromatic heterocycles. The van der Waals surface area contributed by atoms with Gasteiger partial charge in [0.25, 0.3) is 0 Å². The van der Waals surface area contributed by atoms with Crippen molar-refractivity contribution in [3.63, 3.8) is 0 Å². The fraction of sp³-hybridized carbons (Fsp3) is 0.176. The fourth-order valence-corrected chi connectivity index (χ4v) is 2.45. The Hall–Kier alpha value is -2.02. The maximum Gasteiger partial charge on any atom is 0.0494 e. The van der Waals surface area contributed by atoms with Crippen LogP contribution in [0.2, 0.25) is 0 Å². The Morgan fingerprint density at radius 3 is 2.17 bits per heavy atom. The summed E-state index contributed by atoms with van der Waals surface area (Å²) in [4.78, 5) is 3.53. The predicted molar refractivity (Wildman–Crippen MR) is 77.9 cm³/mol. The zero-order valence-electron chi connectivity index (χ0n) is 11.0. The van der Waals surface area contributed by atoms with Crippen molar-refractivity contribution in [3.8, 4) is 11.3 Å². The van der Waals surface area contributed by atoms with Gasteiger partial charge in [0.2, 0.25) is 0 Å². The molecule has 1 nitrogen and oxygen atoms in total. The number of hydrogen-bond donors (Lipinski definition) is 1. The molecule has 0 fully saturated rings. The van der Waals surface area contributed by atoms with Gasteiger partial charge in [-0.2, -0.15) is 0 Å². The standard InChI is InChI=1S/C17H17N/c1-11-4-7-14(8-5-11)17-13(3)15-10-12(2)6-9-16(15)18-17/h4-10,18H,1-3H3. The highest BCUT2D eigenvalue weighted by Gasteiger charge is 2.09. The van der Waals surface area contributed by atoms with E-state index in [-0.39, 0.29) is 0 Å². The van der Waals surface area contributed by atoms with Gasteiger partial charge in [-0.3, -0.25) is 0 Å². The first-order valence-corrected chi connectivity index (χ1v) is 6.31. The van der Waals surface area contributed by atoms with E-state index in [4.69, 9.17) is 0 Å². The number of rotatable bonds is 1. The summed E-state index contributed by atoms with van der Waals surface area (Å²) >= 11 is 0. The zero-order chi connectivity index (χ0) is 12.7. The maximum absolute atomic E-state index is 3.53. The lowest BCUT2D eigenvalue weighted by Gasteiger charge is -2.01. The Morgan fingerprint density at radius 2 is 1.44 bits per heavy atom. The van der Waals surface area contributed by atoms with Crippen molar-refractivity contribution in [1.82, 2.24) is 4.98 Å². The Labute approximate surface area is 107 Å². The fourth-order valence-electron chi connectivity index (χ4n) is 2.45. The first-order chi connectivity index (χ1) is 8.65. The molecule has 0 aliphatic rings. The molecular formula is C17H17N. The minimum atomic E-state index is 1.22. The van der Waals surface area contributed by atoms with Crippen molar-refractivity contribution in [3.05, 3.63) is 59.2 Å². The highest BCUT2D eigenvalue weighted by molar-refractivity contribution is 5.90. The Balaban J connectivity index is 2.23. The van der Waals surface area contributed by atoms with Gasteiger partial charge < -0.3 is 4.98 Å². The van der Waals surface area contributed by atoms with Gasteiger partial charge in [0.15, 0.2) is 0 Å². The molecule has 2 aromatic carbocycles. The number of H-pyrrole nitrogens is 1. The molecule has 90 valence electrons. The summed E-state index contributed by atoms with van der Waals surface area (Å²) in [6.07, 6.45) is 0. The van der Waals surface area contributed by atoms with E-state index in [0.717, 1.165) is 0 Å². The zero-order valence-corrected chi connectivity index (χ0v) is 11.0. The first-order valence-electron chi connectivity index (χ1n) is 6.31. The molecule has 0 amide bonds. The molecule has 0 unspecified atom stereocenters. The van der Waals surface area contributed by atoms with Gasteiger partial charge in [-0.25, -0.2) is 0 Å². The van der Waals surface area contributed by atoms with E-state index in [2.05, 4.69) is 68.2 Å². The van der Waals surface area contributed by atoms with Crippen LogP contribution in [0.5, 0.6) is 0 Å². The molecule has 0 atom stereocenters. The van der Waals surface area contributed by atoms with Crippen molar-refractivity contribution < 1.29 is 0 Å². The van der Waals surface area contributed by atoms with Crippen LogP contribution in [0.4, 0.5) is 0 Å². The third-order valence-electron chi connectivity index (χ3n) is 3.55. The van der Waals surface area contributed by atoms with Crippen LogP contribution in [0.15, 0.2) is 42.5 Å². The highest BCUT2D eigenvalue weighted by atomic mass is 14.7. The summed E-state index contributed by atoms with van der Waals surface area (Å²) in [6, 6.07) is 15.2. The summed E-state index contributed by atoms with van der Waals surface area (Å²) in [5.74, 6) is 0. The van der Waals surface area contributed by atoms with Gasteiger partial charge in [0, 0.05) is 16.6 Å². The molecule has 1 heterocycles. The van der Waals surface area contributed by atoms with Crippen molar-refractivity contribution in [2.24, 2.45) is 0 Å². The molecule has 0 aliphatic heterocycles. The molecule has 18 heavy (non-hydrogen) atoms. The van der Waals surface area contributed by atoms with Crippen molar-refractivity contribution >= 4 is 10.9 Å². The lowest BCUT2D eigenvalue weighted by Crippen LogP contribution is -1.80. The highest BCUT2D eigenvalue weighted by Crippen LogP contribution is 2.30. The second kappa shape index (κ2) is 4.02. The minimum absolute atomic E-state index is 1.22. The number of aromatic amines is 1. The Kier molecular flexibility index (Phi) is 2.48. The molecule has 1 heteroatoms. The van der Waals surface area contributed by atoms with Gasteiger partial charge in [-0.1, -0.05) is 41.5 Å². The van der Waals surface area contributed by atoms with Gasteiger partial charge in [-0.15, -0.1) is 0 Å². The number of aryl methyl sites for hydroxylation is 3. The molecule has 1 N–H and O–H groups in total. The van der Waals surface area contributed by atoms with Crippen molar-refractivity contribution in [2.75, 3.05) is 0 Å². The monoisotopic (exact) mass is 235 g/mol. The molecule has 0 saturated carbocycles. The first kappa shape index (κ1) is 11.1. The normalized spacial score (nSPS) is 11.1. The van der Waals surface area contributed by atoms with Crippen LogP contribution in [0.25, 0.3) is 22.2 Å². The van der Waals surface area contributed by atoms with Crippen molar-refractivity contribution in [1.29, 1.82) is 0 Å². The summed E-state index contributed by atoms with van der Waals surface area (Å²) in [7, 11) is 0. The summed E-state index contributed by atoms with van der Waals surface area (Å²) in [6.45, 7) is 6.44.